The zero-order valence-electron chi connectivity index (χ0n) is 13.4. The Morgan fingerprint density at radius 2 is 2.29 bits per heavy atom. The second-order valence-electron chi connectivity index (χ2n) is 4.50. The molecular formula is C17H17N3O4. The first kappa shape index (κ1) is 17.1. The molecule has 24 heavy (non-hydrogen) atoms. The van der Waals surface area contributed by atoms with Crippen molar-refractivity contribution in [2.75, 3.05) is 19.6 Å². The molecule has 0 spiro atoms. The number of anilines is 1. The summed E-state index contributed by atoms with van der Waals surface area (Å²) in [5.74, 6) is 3.16. The first-order valence-corrected chi connectivity index (χ1v) is 7.09. The Morgan fingerprint density at radius 1 is 1.42 bits per heavy atom. The van der Waals surface area contributed by atoms with Crippen LogP contribution in [0.5, 0.6) is 0 Å². The van der Waals surface area contributed by atoms with Gasteiger partial charge < -0.3 is 14.2 Å². The standard InChI is InChI=1S/C17H17N3O4/c1-22-12-15(17(21)23-2)24-14-8-4-3-7-13(14)11-19-20-16-9-5-6-10-18-16/h3-6,8-10,12H,7H2,1-2H3,(H,18,20). The summed E-state index contributed by atoms with van der Waals surface area (Å²) in [6.45, 7) is 0. The van der Waals surface area contributed by atoms with Crippen molar-refractivity contribution in [2.45, 2.75) is 6.42 Å². The summed E-state index contributed by atoms with van der Waals surface area (Å²) in [5.41, 5.74) is 3.43. The molecule has 1 aliphatic rings. The van der Waals surface area contributed by atoms with E-state index in [2.05, 4.69) is 26.1 Å². The molecule has 1 heterocycles. The van der Waals surface area contributed by atoms with Gasteiger partial charge in [0, 0.05) is 18.5 Å². The van der Waals surface area contributed by atoms with Crippen molar-refractivity contribution in [1.82, 2.24) is 4.98 Å². The number of nitrogens with zero attached hydrogens (tertiary/aromatic N) is 2. The zero-order chi connectivity index (χ0) is 17.2. The van der Waals surface area contributed by atoms with Crippen molar-refractivity contribution in [1.29, 1.82) is 0 Å². The largest absolute Gasteiger partial charge is 0.500 e. The molecule has 1 aromatic rings. The summed E-state index contributed by atoms with van der Waals surface area (Å²) in [6.07, 6.45) is 8.82. The first-order valence-electron chi connectivity index (χ1n) is 7.09. The third-order valence-electron chi connectivity index (χ3n) is 2.86. The van der Waals surface area contributed by atoms with Gasteiger partial charge in [0.05, 0.1) is 19.8 Å². The normalized spacial score (nSPS) is 13.5. The number of nitrogens with one attached hydrogen (secondary N) is 1. The van der Waals surface area contributed by atoms with Gasteiger partial charge in [-0.1, -0.05) is 18.2 Å². The minimum atomic E-state index is -0.643. The van der Waals surface area contributed by atoms with E-state index < -0.39 is 5.97 Å². The van der Waals surface area contributed by atoms with Crippen LogP contribution < -0.4 is 5.43 Å². The summed E-state index contributed by atoms with van der Waals surface area (Å²) < 4.78 is 15.1. The Hall–Kier alpha value is -3.31. The van der Waals surface area contributed by atoms with E-state index in [-0.39, 0.29) is 5.76 Å². The number of hydrazone groups is 1. The number of methoxy groups -OCH3 is 2. The smallest absolute Gasteiger partial charge is 0.377 e. The molecule has 0 unspecified atom stereocenters. The van der Waals surface area contributed by atoms with Crippen molar-refractivity contribution in [3.8, 4) is 0 Å². The molecule has 7 nitrogen and oxygen atoms in total. The van der Waals surface area contributed by atoms with E-state index in [0.29, 0.717) is 23.6 Å². The Labute approximate surface area is 139 Å². The molecule has 0 bridgehead atoms. The van der Waals surface area contributed by atoms with E-state index in [9.17, 15) is 4.79 Å². The molecule has 0 fully saturated rings. The van der Waals surface area contributed by atoms with Gasteiger partial charge in [0.1, 0.15) is 17.8 Å². The average Bonchev–Trinajstić information content (AvgIpc) is 2.63. The highest BCUT2D eigenvalue weighted by atomic mass is 16.6. The fourth-order valence-corrected chi connectivity index (χ4v) is 1.76. The van der Waals surface area contributed by atoms with Gasteiger partial charge in [-0.3, -0.25) is 5.43 Å². The predicted octanol–water partition coefficient (Wildman–Crippen LogP) is 2.53. The van der Waals surface area contributed by atoms with Crippen LogP contribution in [0.4, 0.5) is 5.82 Å². The molecule has 1 aromatic heterocycles. The van der Waals surface area contributed by atoms with Gasteiger partial charge in [0.2, 0.25) is 5.76 Å². The fraction of sp³-hybridized carbons (Fsp3) is 0.176. The van der Waals surface area contributed by atoms with Crippen molar-refractivity contribution in [2.24, 2.45) is 5.10 Å². The number of ether oxygens (including phenoxy) is 3. The van der Waals surface area contributed by atoms with E-state index in [1.807, 2.05) is 24.3 Å². The second kappa shape index (κ2) is 8.97. The summed E-state index contributed by atoms with van der Waals surface area (Å²) in [7, 11) is 2.68. The van der Waals surface area contributed by atoms with E-state index >= 15 is 0 Å². The van der Waals surface area contributed by atoms with Gasteiger partial charge in [-0.25, -0.2) is 9.78 Å². The van der Waals surface area contributed by atoms with Crippen molar-refractivity contribution in [3.05, 3.63) is 66.0 Å². The van der Waals surface area contributed by atoms with E-state index in [0.717, 1.165) is 0 Å². The molecule has 0 atom stereocenters. The topological polar surface area (TPSA) is 82.0 Å². The molecule has 0 aliphatic heterocycles. The van der Waals surface area contributed by atoms with E-state index in [4.69, 9.17) is 9.47 Å². The van der Waals surface area contributed by atoms with Gasteiger partial charge in [0.25, 0.3) is 0 Å². The molecule has 124 valence electrons. The van der Waals surface area contributed by atoms with Crippen LogP contribution in [0.1, 0.15) is 6.42 Å². The maximum absolute atomic E-state index is 11.7. The maximum atomic E-state index is 11.7. The monoisotopic (exact) mass is 327 g/mol. The number of carbonyl (C=O) groups excluding carboxylic acids is 1. The maximum Gasteiger partial charge on any atom is 0.377 e. The Kier molecular flexibility index (Phi) is 6.37. The number of hydrogen-bond donors (Lipinski definition) is 1. The van der Waals surface area contributed by atoms with Gasteiger partial charge in [0.15, 0.2) is 0 Å². The van der Waals surface area contributed by atoms with Gasteiger partial charge in [-0.05, 0) is 18.2 Å². The predicted molar refractivity (Wildman–Crippen MR) is 88.8 cm³/mol. The minimum Gasteiger partial charge on any atom is -0.500 e. The fourth-order valence-electron chi connectivity index (χ4n) is 1.76. The average molecular weight is 327 g/mol. The minimum absolute atomic E-state index is 0.0708. The third-order valence-corrected chi connectivity index (χ3v) is 2.86. The van der Waals surface area contributed by atoms with E-state index in [1.54, 1.807) is 18.3 Å². The summed E-state index contributed by atoms with van der Waals surface area (Å²) in [4.78, 5) is 15.8. The lowest BCUT2D eigenvalue weighted by molar-refractivity contribution is -0.139. The Balaban J connectivity index is 2.16. The van der Waals surface area contributed by atoms with Crippen LogP contribution in [0.3, 0.4) is 0 Å². The molecule has 0 saturated carbocycles. The zero-order valence-corrected chi connectivity index (χ0v) is 13.4. The number of rotatable bonds is 6. The lowest BCUT2D eigenvalue weighted by atomic mass is 10.1. The van der Waals surface area contributed by atoms with Crippen LogP contribution >= 0.6 is 0 Å². The van der Waals surface area contributed by atoms with Gasteiger partial charge >= 0.3 is 5.97 Å². The van der Waals surface area contributed by atoms with Crippen LogP contribution in [0.2, 0.25) is 0 Å². The molecule has 0 saturated heterocycles. The van der Waals surface area contributed by atoms with Crippen molar-refractivity contribution in [3.63, 3.8) is 0 Å². The quantitative estimate of drug-likeness (QED) is 0.284. The molecular weight excluding hydrogens is 310 g/mol. The number of hydrogen-bond acceptors (Lipinski definition) is 7. The Bertz CT molecular complexity index is 729. The lowest BCUT2D eigenvalue weighted by Crippen LogP contribution is -2.10. The molecule has 1 N–H and O–H groups in total. The Morgan fingerprint density at radius 3 is 3.00 bits per heavy atom. The molecule has 0 radical (unpaired) electrons. The van der Waals surface area contributed by atoms with Crippen molar-refractivity contribution < 1.29 is 19.0 Å². The molecule has 0 amide bonds. The van der Waals surface area contributed by atoms with Crippen LogP contribution in [-0.2, 0) is 19.0 Å². The van der Waals surface area contributed by atoms with Gasteiger partial charge in [-0.2, -0.15) is 0 Å². The number of esters is 1. The molecule has 2 rings (SSSR count). The highest BCUT2D eigenvalue weighted by molar-refractivity contribution is 5.86. The third kappa shape index (κ3) is 4.86. The van der Waals surface area contributed by atoms with E-state index in [1.165, 1.54) is 20.5 Å². The van der Waals surface area contributed by atoms with Crippen molar-refractivity contribution >= 4 is 17.7 Å². The SMILES string of the molecule is COC=C(OC1=CC=CCC1=C=NNc1ccccn1)C(=O)OC. The molecule has 7 heteroatoms. The number of carbonyl (C=O) groups is 1. The molecule has 0 aromatic carbocycles. The van der Waals surface area contributed by atoms with Gasteiger partial charge in [-0.15, -0.1) is 5.10 Å². The highest BCUT2D eigenvalue weighted by Gasteiger charge is 2.17. The number of pyridine rings is 1. The molecule has 1 aliphatic carbocycles. The van der Waals surface area contributed by atoms with Crippen LogP contribution in [0.25, 0.3) is 0 Å². The van der Waals surface area contributed by atoms with Crippen LogP contribution in [0, 0.1) is 0 Å². The lowest BCUT2D eigenvalue weighted by Gasteiger charge is -2.13. The first-order chi connectivity index (χ1) is 11.7. The van der Waals surface area contributed by atoms with Crippen LogP contribution in [0.15, 0.2) is 71.1 Å². The summed E-state index contributed by atoms with van der Waals surface area (Å²) >= 11 is 0. The number of aromatic nitrogens is 1. The van der Waals surface area contributed by atoms with Crippen LogP contribution in [-0.4, -0.2) is 31.0 Å². The second-order valence-corrected chi connectivity index (χ2v) is 4.50. The summed E-state index contributed by atoms with van der Waals surface area (Å²) in [5, 5.41) is 4.01. The summed E-state index contributed by atoms with van der Waals surface area (Å²) in [6, 6.07) is 5.43. The number of allylic oxidation sites excluding steroid dienone is 4. The highest BCUT2D eigenvalue weighted by Crippen LogP contribution is 2.21.